The van der Waals surface area contributed by atoms with E-state index in [4.69, 9.17) is 0 Å². The topological polar surface area (TPSA) is 101 Å². The smallest absolute Gasteiger partial charge is 0.243 e. The van der Waals surface area contributed by atoms with Gasteiger partial charge < -0.3 is 5.32 Å². The van der Waals surface area contributed by atoms with Crippen molar-refractivity contribution in [2.75, 3.05) is 18.8 Å². The normalized spacial score (nSPS) is 24.2. The van der Waals surface area contributed by atoms with Gasteiger partial charge in [0.15, 0.2) is 9.84 Å². The highest BCUT2D eigenvalue weighted by atomic mass is 32.2. The second-order valence-electron chi connectivity index (χ2n) is 6.26. The van der Waals surface area contributed by atoms with Gasteiger partial charge in [-0.1, -0.05) is 18.2 Å². The molecular weight excluding hydrogens is 364 g/mol. The van der Waals surface area contributed by atoms with Crippen LogP contribution < -0.4 is 5.32 Å². The van der Waals surface area contributed by atoms with Gasteiger partial charge in [-0.25, -0.2) is 16.8 Å². The Kier molecular flexibility index (Phi) is 4.99. The molecule has 1 N–H and O–H groups in total. The van der Waals surface area contributed by atoms with Crippen LogP contribution in [-0.2, 0) is 24.7 Å². The Hall–Kier alpha value is -1.71. The Bertz CT molecular complexity index is 870. The predicted octanol–water partition coefficient (Wildman–Crippen LogP) is 0.514. The van der Waals surface area contributed by atoms with Gasteiger partial charge in [-0.2, -0.15) is 4.31 Å². The quantitative estimate of drug-likeness (QED) is 0.815. The monoisotopic (exact) mass is 384 g/mol. The number of hydrogen-bond acceptors (Lipinski definition) is 5. The largest absolute Gasteiger partial charge is 0.349 e. The zero-order valence-electron chi connectivity index (χ0n) is 13.5. The zero-order valence-corrected chi connectivity index (χ0v) is 15.2. The minimum Gasteiger partial charge on any atom is -0.349 e. The van der Waals surface area contributed by atoms with Crippen molar-refractivity contribution in [2.24, 2.45) is 5.92 Å². The molecule has 136 valence electrons. The summed E-state index contributed by atoms with van der Waals surface area (Å²) in [6.45, 7) is 0.544. The third-order valence-corrected chi connectivity index (χ3v) is 7.77. The van der Waals surface area contributed by atoms with Crippen LogP contribution in [0.3, 0.4) is 0 Å². The van der Waals surface area contributed by atoms with E-state index >= 15 is 0 Å². The molecule has 25 heavy (non-hydrogen) atoms. The molecule has 1 aromatic rings. The Morgan fingerprint density at radius 1 is 1.12 bits per heavy atom. The van der Waals surface area contributed by atoms with Crippen molar-refractivity contribution in [1.29, 1.82) is 0 Å². The van der Waals surface area contributed by atoms with E-state index < -0.39 is 25.9 Å². The summed E-state index contributed by atoms with van der Waals surface area (Å²) in [5.41, 5.74) is 0. The number of amides is 1. The van der Waals surface area contributed by atoms with Gasteiger partial charge in [0.05, 0.1) is 16.7 Å². The molecule has 0 spiro atoms. The average Bonchev–Trinajstić information content (AvgIpc) is 2.94. The van der Waals surface area contributed by atoms with Crippen molar-refractivity contribution in [3.05, 3.63) is 41.8 Å². The van der Waals surface area contributed by atoms with Crippen LogP contribution in [0.25, 0.3) is 0 Å². The molecule has 1 saturated heterocycles. The van der Waals surface area contributed by atoms with Crippen LogP contribution in [0, 0.1) is 5.92 Å². The van der Waals surface area contributed by atoms with Crippen molar-refractivity contribution >= 4 is 25.8 Å². The maximum absolute atomic E-state index is 12.6. The number of nitrogens with zero attached hydrogens (tertiary/aromatic N) is 1. The first-order valence-electron chi connectivity index (χ1n) is 8.04. The van der Waals surface area contributed by atoms with E-state index in [1.807, 2.05) is 0 Å². The van der Waals surface area contributed by atoms with E-state index in [1.54, 1.807) is 30.3 Å². The highest BCUT2D eigenvalue weighted by Gasteiger charge is 2.33. The highest BCUT2D eigenvalue weighted by molar-refractivity contribution is 7.94. The van der Waals surface area contributed by atoms with Crippen LogP contribution >= 0.6 is 0 Å². The van der Waals surface area contributed by atoms with Crippen LogP contribution in [0.1, 0.15) is 12.8 Å². The third kappa shape index (κ3) is 4.10. The first kappa shape index (κ1) is 18.1. The third-order valence-electron chi connectivity index (χ3n) is 4.46. The predicted molar refractivity (Wildman–Crippen MR) is 92.8 cm³/mol. The first-order chi connectivity index (χ1) is 11.8. The number of nitrogens with one attached hydrogen (secondary N) is 1. The molecular formula is C16H20N2O5S2. The molecule has 1 fully saturated rings. The van der Waals surface area contributed by atoms with Crippen LogP contribution in [0.2, 0.25) is 0 Å². The van der Waals surface area contributed by atoms with Crippen LogP contribution in [0.5, 0.6) is 0 Å². The van der Waals surface area contributed by atoms with E-state index in [0.717, 1.165) is 5.41 Å². The number of sulfonamides is 1. The van der Waals surface area contributed by atoms with E-state index in [2.05, 4.69) is 5.32 Å². The Morgan fingerprint density at radius 2 is 1.76 bits per heavy atom. The number of piperidine rings is 1. The molecule has 1 atom stereocenters. The van der Waals surface area contributed by atoms with Crippen LogP contribution in [0.4, 0.5) is 0 Å². The number of carbonyl (C=O) groups is 1. The number of rotatable bonds is 4. The van der Waals surface area contributed by atoms with Gasteiger partial charge in [0.1, 0.15) is 0 Å². The lowest BCUT2D eigenvalue weighted by Crippen LogP contribution is -2.45. The molecule has 0 saturated carbocycles. The lowest BCUT2D eigenvalue weighted by atomic mass is 9.97. The van der Waals surface area contributed by atoms with Gasteiger partial charge >= 0.3 is 0 Å². The van der Waals surface area contributed by atoms with E-state index in [9.17, 15) is 21.6 Å². The van der Waals surface area contributed by atoms with Crippen LogP contribution in [0.15, 0.2) is 46.7 Å². The summed E-state index contributed by atoms with van der Waals surface area (Å²) in [5, 5.41) is 3.83. The molecule has 7 nitrogen and oxygen atoms in total. The van der Waals surface area contributed by atoms with E-state index in [-0.39, 0.29) is 35.6 Å². The summed E-state index contributed by atoms with van der Waals surface area (Å²) >= 11 is 0. The molecule has 1 amide bonds. The maximum atomic E-state index is 12.6. The molecule has 0 aromatic heterocycles. The number of carbonyl (C=O) groups excluding carboxylic acids is 1. The molecule has 0 radical (unpaired) electrons. The second kappa shape index (κ2) is 6.89. The second-order valence-corrected chi connectivity index (χ2v) is 10.1. The maximum Gasteiger partial charge on any atom is 0.243 e. The summed E-state index contributed by atoms with van der Waals surface area (Å²) in [4.78, 5) is 12.5. The summed E-state index contributed by atoms with van der Waals surface area (Å²) in [6, 6.07) is 7.73. The zero-order chi connectivity index (χ0) is 18.1. The summed E-state index contributed by atoms with van der Waals surface area (Å²) < 4.78 is 49.3. The first-order valence-corrected chi connectivity index (χ1v) is 11.2. The summed E-state index contributed by atoms with van der Waals surface area (Å²) in [7, 11) is -6.75. The van der Waals surface area contributed by atoms with Gasteiger partial charge in [-0.15, -0.1) is 0 Å². The summed E-state index contributed by atoms with van der Waals surface area (Å²) in [5.74, 6) is -0.637. The lowest BCUT2D eigenvalue weighted by Gasteiger charge is -2.31. The summed E-state index contributed by atoms with van der Waals surface area (Å²) in [6.07, 6.45) is 2.31. The molecule has 0 aliphatic carbocycles. The van der Waals surface area contributed by atoms with E-state index in [0.29, 0.717) is 12.8 Å². The van der Waals surface area contributed by atoms with Gasteiger partial charge in [0.2, 0.25) is 15.9 Å². The van der Waals surface area contributed by atoms with Crippen molar-refractivity contribution < 1.29 is 21.6 Å². The molecule has 3 rings (SSSR count). The van der Waals surface area contributed by atoms with Crippen molar-refractivity contribution in [3.63, 3.8) is 0 Å². The minimum absolute atomic E-state index is 0.111. The molecule has 0 bridgehead atoms. The van der Waals surface area contributed by atoms with Crippen molar-refractivity contribution in [2.45, 2.75) is 23.8 Å². The van der Waals surface area contributed by atoms with Gasteiger partial charge in [0, 0.05) is 24.4 Å². The molecule has 1 aromatic carbocycles. The fourth-order valence-electron chi connectivity index (χ4n) is 3.07. The number of benzene rings is 1. The van der Waals surface area contributed by atoms with Gasteiger partial charge in [-0.3, -0.25) is 4.79 Å². The Labute approximate surface area is 147 Å². The average molecular weight is 384 g/mol. The molecule has 0 unspecified atom stereocenters. The lowest BCUT2D eigenvalue weighted by molar-refractivity contribution is -0.126. The van der Waals surface area contributed by atoms with E-state index in [1.165, 1.54) is 10.4 Å². The molecule has 2 aliphatic rings. The Balaban J connectivity index is 1.57. The number of hydrogen-bond donors (Lipinski definition) is 1. The fourth-order valence-corrected chi connectivity index (χ4v) is 5.79. The molecule has 2 heterocycles. The molecule has 9 heteroatoms. The SMILES string of the molecule is O=C(N[C@H]1C=CS(=O)(=O)C1)C1CCN(S(=O)(=O)c2ccccc2)CC1. The van der Waals surface area contributed by atoms with Crippen molar-refractivity contribution in [1.82, 2.24) is 9.62 Å². The standard InChI is InChI=1S/C16H20N2O5S2/c19-16(17-14-8-11-24(20,21)12-14)13-6-9-18(10-7-13)25(22,23)15-4-2-1-3-5-15/h1-5,8,11,13-14H,6-7,9-10,12H2,(H,17,19)/t14-/m0/s1. The highest BCUT2D eigenvalue weighted by Crippen LogP contribution is 2.24. The van der Waals surface area contributed by atoms with Crippen LogP contribution in [-0.4, -0.2) is 51.9 Å². The van der Waals surface area contributed by atoms with Gasteiger partial charge in [-0.05, 0) is 31.1 Å². The fraction of sp³-hybridized carbons (Fsp3) is 0.438. The minimum atomic E-state index is -3.54. The molecule has 2 aliphatic heterocycles. The number of sulfone groups is 1. The van der Waals surface area contributed by atoms with Crippen molar-refractivity contribution in [3.8, 4) is 0 Å². The Morgan fingerprint density at radius 3 is 2.32 bits per heavy atom. The van der Waals surface area contributed by atoms with Gasteiger partial charge in [0.25, 0.3) is 0 Å².